The van der Waals surface area contributed by atoms with E-state index in [1.165, 1.54) is 12.8 Å². The average molecular weight is 304 g/mol. The zero-order valence-electron chi connectivity index (χ0n) is 13.6. The average Bonchev–Trinajstić information content (AvgIpc) is 3.01. The topological polar surface area (TPSA) is 61.4 Å². The molecule has 0 spiro atoms. The summed E-state index contributed by atoms with van der Waals surface area (Å²) >= 11 is 0. The van der Waals surface area contributed by atoms with Crippen molar-refractivity contribution in [2.24, 2.45) is 5.41 Å². The fourth-order valence-electron chi connectivity index (χ4n) is 3.14. The minimum atomic E-state index is -0.290. The van der Waals surface area contributed by atoms with Crippen molar-refractivity contribution in [1.82, 2.24) is 10.6 Å². The van der Waals surface area contributed by atoms with Gasteiger partial charge in [-0.25, -0.2) is 4.79 Å². The standard InChI is InChI=1S/C18H28N2O2/c1-18(2,13-21)16(14-8-4-3-5-9-14)12-19-17(22)20-15-10-6-7-11-15/h3-5,8-9,15-16,21H,6-7,10-13H2,1-2H3,(H2,19,20,22). The molecule has 1 aromatic rings. The first kappa shape index (κ1) is 16.8. The van der Waals surface area contributed by atoms with Crippen LogP contribution in [0.2, 0.25) is 0 Å². The molecule has 0 heterocycles. The monoisotopic (exact) mass is 304 g/mol. The van der Waals surface area contributed by atoms with E-state index in [4.69, 9.17) is 0 Å². The fraction of sp³-hybridized carbons (Fsp3) is 0.611. The van der Waals surface area contributed by atoms with Crippen molar-refractivity contribution < 1.29 is 9.90 Å². The summed E-state index contributed by atoms with van der Waals surface area (Å²) in [5, 5.41) is 15.7. The first-order valence-corrected chi connectivity index (χ1v) is 8.23. The predicted molar refractivity (Wildman–Crippen MR) is 88.8 cm³/mol. The number of amides is 2. The molecule has 1 aromatic carbocycles. The van der Waals surface area contributed by atoms with E-state index in [9.17, 15) is 9.90 Å². The predicted octanol–water partition coefficient (Wildman–Crippen LogP) is 3.03. The normalized spacial score (nSPS) is 17.2. The molecule has 0 aromatic heterocycles. The first-order valence-electron chi connectivity index (χ1n) is 8.23. The molecule has 22 heavy (non-hydrogen) atoms. The second kappa shape index (κ2) is 7.63. The largest absolute Gasteiger partial charge is 0.396 e. The van der Waals surface area contributed by atoms with E-state index in [-0.39, 0.29) is 24.0 Å². The molecular weight excluding hydrogens is 276 g/mol. The highest BCUT2D eigenvalue weighted by molar-refractivity contribution is 5.74. The van der Waals surface area contributed by atoms with Crippen LogP contribution in [0.4, 0.5) is 4.79 Å². The Morgan fingerprint density at radius 2 is 1.91 bits per heavy atom. The smallest absolute Gasteiger partial charge is 0.315 e. The van der Waals surface area contributed by atoms with Gasteiger partial charge in [-0.05, 0) is 23.8 Å². The summed E-state index contributed by atoms with van der Waals surface area (Å²) in [7, 11) is 0. The minimum absolute atomic E-state index is 0.0769. The molecule has 2 rings (SSSR count). The maximum Gasteiger partial charge on any atom is 0.315 e. The summed E-state index contributed by atoms with van der Waals surface area (Å²) < 4.78 is 0. The molecule has 0 aliphatic heterocycles. The maximum atomic E-state index is 12.1. The third-order valence-electron chi connectivity index (χ3n) is 4.71. The van der Waals surface area contributed by atoms with Gasteiger partial charge in [0, 0.05) is 25.1 Å². The van der Waals surface area contributed by atoms with Crippen molar-refractivity contribution in [3.63, 3.8) is 0 Å². The minimum Gasteiger partial charge on any atom is -0.396 e. The Morgan fingerprint density at radius 3 is 2.50 bits per heavy atom. The van der Waals surface area contributed by atoms with Gasteiger partial charge in [0.1, 0.15) is 0 Å². The van der Waals surface area contributed by atoms with Gasteiger partial charge in [0.05, 0.1) is 0 Å². The van der Waals surface area contributed by atoms with E-state index in [2.05, 4.69) is 22.8 Å². The van der Waals surface area contributed by atoms with Crippen LogP contribution in [-0.4, -0.2) is 30.3 Å². The number of carbonyl (C=O) groups excluding carboxylic acids is 1. The summed E-state index contributed by atoms with van der Waals surface area (Å²) in [4.78, 5) is 12.1. The number of hydrogen-bond donors (Lipinski definition) is 3. The summed E-state index contributed by atoms with van der Waals surface area (Å²) in [6, 6.07) is 10.3. The Hall–Kier alpha value is -1.55. The van der Waals surface area contributed by atoms with Crippen LogP contribution in [0.15, 0.2) is 30.3 Å². The summed E-state index contributed by atoms with van der Waals surface area (Å²) in [6.07, 6.45) is 4.57. The molecule has 122 valence electrons. The lowest BCUT2D eigenvalue weighted by molar-refractivity contribution is 0.129. The van der Waals surface area contributed by atoms with Crippen molar-refractivity contribution in [2.45, 2.75) is 51.5 Å². The molecule has 0 saturated heterocycles. The third-order valence-corrected chi connectivity index (χ3v) is 4.71. The van der Waals surface area contributed by atoms with Crippen LogP contribution in [0.25, 0.3) is 0 Å². The summed E-state index contributed by atoms with van der Waals surface area (Å²) in [5.41, 5.74) is 0.852. The fourth-order valence-corrected chi connectivity index (χ4v) is 3.14. The van der Waals surface area contributed by atoms with Crippen molar-refractivity contribution in [3.05, 3.63) is 35.9 Å². The highest BCUT2D eigenvalue weighted by Gasteiger charge is 2.30. The van der Waals surface area contributed by atoms with Gasteiger partial charge >= 0.3 is 6.03 Å². The zero-order chi connectivity index (χ0) is 16.0. The molecule has 0 bridgehead atoms. The van der Waals surface area contributed by atoms with Crippen LogP contribution in [0.1, 0.15) is 51.0 Å². The van der Waals surface area contributed by atoms with Crippen LogP contribution in [0, 0.1) is 5.41 Å². The van der Waals surface area contributed by atoms with Gasteiger partial charge in [-0.1, -0.05) is 57.0 Å². The van der Waals surface area contributed by atoms with E-state index in [0.29, 0.717) is 12.6 Å². The second-order valence-corrected chi connectivity index (χ2v) is 6.95. The van der Waals surface area contributed by atoms with E-state index < -0.39 is 0 Å². The third kappa shape index (κ3) is 4.47. The quantitative estimate of drug-likeness (QED) is 0.756. The molecule has 1 saturated carbocycles. The number of hydrogen-bond acceptors (Lipinski definition) is 2. The maximum absolute atomic E-state index is 12.1. The number of aliphatic hydroxyl groups excluding tert-OH is 1. The van der Waals surface area contributed by atoms with Gasteiger partial charge in [-0.15, -0.1) is 0 Å². The van der Waals surface area contributed by atoms with E-state index in [1.54, 1.807) is 0 Å². The molecule has 3 N–H and O–H groups in total. The SMILES string of the molecule is CC(C)(CO)C(CNC(=O)NC1CCCC1)c1ccccc1. The highest BCUT2D eigenvalue weighted by Crippen LogP contribution is 2.34. The van der Waals surface area contributed by atoms with E-state index >= 15 is 0 Å². The molecule has 0 radical (unpaired) electrons. The van der Waals surface area contributed by atoms with Gasteiger partial charge < -0.3 is 15.7 Å². The highest BCUT2D eigenvalue weighted by atomic mass is 16.3. The Kier molecular flexibility index (Phi) is 5.83. The van der Waals surface area contributed by atoms with Gasteiger partial charge in [-0.2, -0.15) is 0 Å². The van der Waals surface area contributed by atoms with Crippen molar-refractivity contribution in [3.8, 4) is 0 Å². The van der Waals surface area contributed by atoms with Crippen LogP contribution in [0.5, 0.6) is 0 Å². The number of carbonyl (C=O) groups is 1. The number of benzene rings is 1. The van der Waals surface area contributed by atoms with Crippen molar-refractivity contribution in [2.75, 3.05) is 13.2 Å². The lowest BCUT2D eigenvalue weighted by Crippen LogP contribution is -2.44. The molecule has 1 aliphatic carbocycles. The van der Waals surface area contributed by atoms with Crippen molar-refractivity contribution >= 4 is 6.03 Å². The Labute approximate surface area is 133 Å². The number of urea groups is 1. The van der Waals surface area contributed by atoms with Crippen LogP contribution in [0.3, 0.4) is 0 Å². The Bertz CT molecular complexity index is 467. The summed E-state index contributed by atoms with van der Waals surface area (Å²) in [5.74, 6) is 0.0769. The van der Waals surface area contributed by atoms with Gasteiger partial charge in [0.2, 0.25) is 0 Å². The molecule has 1 unspecified atom stereocenters. The Morgan fingerprint density at radius 1 is 1.27 bits per heavy atom. The first-order chi connectivity index (χ1) is 10.5. The zero-order valence-corrected chi connectivity index (χ0v) is 13.6. The molecule has 2 amide bonds. The van der Waals surface area contributed by atoms with Crippen LogP contribution in [-0.2, 0) is 0 Å². The number of nitrogens with one attached hydrogen (secondary N) is 2. The van der Waals surface area contributed by atoms with Gasteiger partial charge in [0.15, 0.2) is 0 Å². The van der Waals surface area contributed by atoms with Gasteiger partial charge in [0.25, 0.3) is 0 Å². The van der Waals surface area contributed by atoms with E-state index in [1.807, 2.05) is 32.0 Å². The molecule has 1 aliphatic rings. The molecule has 4 nitrogen and oxygen atoms in total. The molecular formula is C18H28N2O2. The molecule has 4 heteroatoms. The van der Waals surface area contributed by atoms with Gasteiger partial charge in [-0.3, -0.25) is 0 Å². The lowest BCUT2D eigenvalue weighted by atomic mass is 9.75. The summed E-state index contributed by atoms with van der Waals surface area (Å²) in [6.45, 7) is 4.66. The van der Waals surface area contributed by atoms with Crippen molar-refractivity contribution in [1.29, 1.82) is 0 Å². The molecule has 1 fully saturated rings. The number of rotatable bonds is 6. The van der Waals surface area contributed by atoms with Crippen LogP contribution < -0.4 is 10.6 Å². The lowest BCUT2D eigenvalue weighted by Gasteiger charge is -2.33. The molecule has 1 atom stereocenters. The second-order valence-electron chi connectivity index (χ2n) is 6.95. The Balaban J connectivity index is 1.96. The van der Waals surface area contributed by atoms with Crippen LogP contribution >= 0.6 is 0 Å². The number of aliphatic hydroxyl groups is 1. The van der Waals surface area contributed by atoms with E-state index in [0.717, 1.165) is 18.4 Å².